The van der Waals surface area contributed by atoms with Gasteiger partial charge in [-0.25, -0.2) is 9.69 Å². The van der Waals surface area contributed by atoms with Gasteiger partial charge in [0.05, 0.1) is 0 Å². The van der Waals surface area contributed by atoms with Gasteiger partial charge in [-0.1, -0.05) is 13.3 Å². The number of carboxylic acid groups (broad SMARTS) is 1. The summed E-state index contributed by atoms with van der Waals surface area (Å²) in [6.07, 6.45) is 1.65. The highest BCUT2D eigenvalue weighted by atomic mass is 16.4. The Balaban J connectivity index is 3.60. The average Bonchev–Trinajstić information content (AvgIpc) is 1.89. The predicted octanol–water partition coefficient (Wildman–Crippen LogP) is 0.834. The Bertz CT molecular complexity index is 124. The topological polar surface area (TPSA) is 57.6 Å². The minimum Gasteiger partial charge on any atom is -0.465 e. The maximum absolute atomic E-state index is 10.1. The van der Waals surface area contributed by atoms with Crippen LogP contribution in [0.2, 0.25) is 0 Å². The third-order valence-electron chi connectivity index (χ3n) is 1.08. The molecule has 0 aliphatic carbocycles. The lowest BCUT2D eigenvalue weighted by Gasteiger charge is -2.07. The van der Waals surface area contributed by atoms with Crippen molar-refractivity contribution in [2.45, 2.75) is 19.8 Å². The molecule has 0 aromatic carbocycles. The summed E-state index contributed by atoms with van der Waals surface area (Å²) in [5.74, 6) is 0. The second-order valence-electron chi connectivity index (χ2n) is 1.88. The molecule has 0 aromatic rings. The van der Waals surface area contributed by atoms with Crippen LogP contribution in [0.5, 0.6) is 0 Å². The molecule has 1 N–H and O–H groups in total. The Morgan fingerprint density at radius 1 is 1.70 bits per heavy atom. The van der Waals surface area contributed by atoms with E-state index >= 15 is 0 Å². The summed E-state index contributed by atoms with van der Waals surface area (Å²) in [4.78, 5) is 20.6. The normalized spacial score (nSPS) is 8.90. The van der Waals surface area contributed by atoms with E-state index in [1.807, 2.05) is 6.92 Å². The molecule has 1 radical (unpaired) electrons. The van der Waals surface area contributed by atoms with Crippen LogP contribution in [-0.2, 0) is 4.79 Å². The Labute approximate surface area is 59.4 Å². The zero-order chi connectivity index (χ0) is 7.98. The Morgan fingerprint density at radius 2 is 2.30 bits per heavy atom. The molecule has 0 rings (SSSR count). The molecule has 0 atom stereocenters. The van der Waals surface area contributed by atoms with Crippen molar-refractivity contribution < 1.29 is 14.7 Å². The Kier molecular flexibility index (Phi) is 4.28. The smallest absolute Gasteiger partial charge is 0.414 e. The van der Waals surface area contributed by atoms with Crippen LogP contribution in [0.25, 0.3) is 0 Å². The monoisotopic (exact) mass is 144 g/mol. The highest BCUT2D eigenvalue weighted by Crippen LogP contribution is 1.91. The number of rotatable bonds is 4. The first-order chi connectivity index (χ1) is 4.72. The van der Waals surface area contributed by atoms with E-state index in [4.69, 9.17) is 5.11 Å². The summed E-state index contributed by atoms with van der Waals surface area (Å²) in [7, 11) is 0. The molecular formula is C6H10NO3. The molecule has 4 heteroatoms. The quantitative estimate of drug-likeness (QED) is 0.594. The number of nitrogens with zero attached hydrogens (tertiary/aromatic N) is 1. The van der Waals surface area contributed by atoms with Gasteiger partial charge in [-0.3, -0.25) is 4.79 Å². The van der Waals surface area contributed by atoms with Gasteiger partial charge < -0.3 is 5.11 Å². The van der Waals surface area contributed by atoms with Crippen molar-refractivity contribution >= 4 is 12.5 Å². The molecule has 2 amide bonds. The molecule has 0 fully saturated rings. The second kappa shape index (κ2) is 4.78. The van der Waals surface area contributed by atoms with E-state index in [1.54, 1.807) is 0 Å². The molecule has 0 aliphatic rings. The summed E-state index contributed by atoms with van der Waals surface area (Å²) in [6.45, 7) is 2.17. The summed E-state index contributed by atoms with van der Waals surface area (Å²) >= 11 is 0. The van der Waals surface area contributed by atoms with Gasteiger partial charge in [0.25, 0.3) is 0 Å². The fourth-order valence-corrected chi connectivity index (χ4v) is 0.497. The molecule has 0 aromatic heterocycles. The van der Waals surface area contributed by atoms with Crippen LogP contribution in [-0.4, -0.2) is 29.1 Å². The molecule has 0 heterocycles. The van der Waals surface area contributed by atoms with E-state index in [0.717, 1.165) is 6.42 Å². The maximum Gasteiger partial charge on any atom is 0.414 e. The van der Waals surface area contributed by atoms with Gasteiger partial charge in [0.1, 0.15) is 0 Å². The van der Waals surface area contributed by atoms with Gasteiger partial charge in [0.2, 0.25) is 0 Å². The molecular weight excluding hydrogens is 134 g/mol. The number of imide groups is 1. The highest BCUT2D eigenvalue weighted by molar-refractivity contribution is 5.78. The summed E-state index contributed by atoms with van der Waals surface area (Å²) < 4.78 is 0. The molecule has 57 valence electrons. The van der Waals surface area contributed by atoms with Crippen molar-refractivity contribution in [1.82, 2.24) is 4.90 Å². The standard InChI is InChI=1S/C6H10NO3/c1-2-3-4-7(5-8)6(9)10/h2-4H2,1H3,(H,9,10). The van der Waals surface area contributed by atoms with Crippen LogP contribution >= 0.6 is 0 Å². The van der Waals surface area contributed by atoms with E-state index in [-0.39, 0.29) is 6.54 Å². The first-order valence-electron chi connectivity index (χ1n) is 3.10. The van der Waals surface area contributed by atoms with Crippen molar-refractivity contribution in [2.75, 3.05) is 6.54 Å². The van der Waals surface area contributed by atoms with Crippen LogP contribution in [0.4, 0.5) is 4.79 Å². The molecule has 0 unspecified atom stereocenters. The Morgan fingerprint density at radius 3 is 2.60 bits per heavy atom. The molecule has 0 bridgehead atoms. The van der Waals surface area contributed by atoms with Crippen molar-refractivity contribution in [3.63, 3.8) is 0 Å². The maximum atomic E-state index is 10.1. The van der Waals surface area contributed by atoms with Gasteiger partial charge in [-0.05, 0) is 6.42 Å². The van der Waals surface area contributed by atoms with Gasteiger partial charge >= 0.3 is 12.5 Å². The van der Waals surface area contributed by atoms with Crippen molar-refractivity contribution in [3.05, 3.63) is 0 Å². The number of amides is 2. The number of carbonyl (C=O) groups excluding carboxylic acids is 1. The lowest BCUT2D eigenvalue weighted by atomic mass is 10.3. The van der Waals surface area contributed by atoms with E-state index in [9.17, 15) is 9.59 Å². The lowest BCUT2D eigenvalue weighted by Crippen LogP contribution is -2.28. The minimum atomic E-state index is -1.23. The number of carbonyl (C=O) groups is 1. The summed E-state index contributed by atoms with van der Waals surface area (Å²) in [5.41, 5.74) is 0. The van der Waals surface area contributed by atoms with Gasteiger partial charge in [-0.15, -0.1) is 0 Å². The van der Waals surface area contributed by atoms with Crippen LogP contribution in [0.3, 0.4) is 0 Å². The van der Waals surface area contributed by atoms with Crippen LogP contribution in [0.1, 0.15) is 19.8 Å². The van der Waals surface area contributed by atoms with E-state index in [1.165, 1.54) is 6.41 Å². The van der Waals surface area contributed by atoms with Crippen LogP contribution < -0.4 is 0 Å². The first kappa shape index (κ1) is 8.94. The van der Waals surface area contributed by atoms with Crippen molar-refractivity contribution in [1.29, 1.82) is 0 Å². The molecule has 0 aliphatic heterocycles. The Hall–Kier alpha value is -1.06. The van der Waals surface area contributed by atoms with E-state index in [2.05, 4.69) is 0 Å². The highest BCUT2D eigenvalue weighted by Gasteiger charge is 2.08. The third kappa shape index (κ3) is 3.06. The lowest BCUT2D eigenvalue weighted by molar-refractivity contribution is 0.167. The van der Waals surface area contributed by atoms with Gasteiger partial charge in [0, 0.05) is 6.54 Å². The predicted molar refractivity (Wildman–Crippen MR) is 35.3 cm³/mol. The van der Waals surface area contributed by atoms with Gasteiger partial charge in [0.15, 0.2) is 0 Å². The molecule has 4 nitrogen and oxygen atoms in total. The van der Waals surface area contributed by atoms with E-state index in [0.29, 0.717) is 11.3 Å². The number of hydrogen-bond donors (Lipinski definition) is 1. The zero-order valence-corrected chi connectivity index (χ0v) is 5.83. The third-order valence-corrected chi connectivity index (χ3v) is 1.08. The molecule has 10 heavy (non-hydrogen) atoms. The van der Waals surface area contributed by atoms with Crippen LogP contribution in [0.15, 0.2) is 0 Å². The molecule has 0 saturated heterocycles. The number of hydrogen-bond acceptors (Lipinski definition) is 2. The largest absolute Gasteiger partial charge is 0.465 e. The molecule has 0 saturated carbocycles. The summed E-state index contributed by atoms with van der Waals surface area (Å²) in [6, 6.07) is 0. The van der Waals surface area contributed by atoms with Crippen LogP contribution in [0, 0.1) is 0 Å². The average molecular weight is 144 g/mol. The second-order valence-corrected chi connectivity index (χ2v) is 1.88. The summed E-state index contributed by atoms with van der Waals surface area (Å²) in [5, 5.41) is 8.26. The first-order valence-corrected chi connectivity index (χ1v) is 3.10. The van der Waals surface area contributed by atoms with Crippen molar-refractivity contribution in [2.24, 2.45) is 0 Å². The SMILES string of the molecule is CCCCN([C]=O)C(=O)O. The number of unbranched alkanes of at least 4 members (excludes halogenated alkanes) is 1. The zero-order valence-electron chi connectivity index (χ0n) is 5.83. The molecule has 0 spiro atoms. The fraction of sp³-hybridized carbons (Fsp3) is 0.667. The van der Waals surface area contributed by atoms with Crippen molar-refractivity contribution in [3.8, 4) is 0 Å². The van der Waals surface area contributed by atoms with Gasteiger partial charge in [-0.2, -0.15) is 0 Å². The minimum absolute atomic E-state index is 0.245. The fourth-order valence-electron chi connectivity index (χ4n) is 0.497. The van der Waals surface area contributed by atoms with E-state index < -0.39 is 6.09 Å².